The molecule has 1 aliphatic rings. The Morgan fingerprint density at radius 1 is 1.25 bits per heavy atom. The van der Waals surface area contributed by atoms with E-state index in [1.165, 1.54) is 0 Å². The highest BCUT2D eigenvalue weighted by Crippen LogP contribution is 2.35. The molecule has 1 aliphatic heterocycles. The van der Waals surface area contributed by atoms with Gasteiger partial charge in [-0.15, -0.1) is 0 Å². The minimum Gasteiger partial charge on any atom is -0.478 e. The van der Waals surface area contributed by atoms with E-state index in [4.69, 9.17) is 11.6 Å². The number of anilines is 1. The lowest BCUT2D eigenvalue weighted by atomic mass is 9.93. The first kappa shape index (κ1) is 18.6. The molecule has 0 saturated carbocycles. The Labute approximate surface area is 167 Å². The number of carboxylic acids is 1. The largest absolute Gasteiger partial charge is 0.478 e. The number of fused-ring (bicyclic) bond motifs is 2. The lowest BCUT2D eigenvalue weighted by Crippen LogP contribution is -2.36. The molecule has 0 spiro atoms. The van der Waals surface area contributed by atoms with Crippen LogP contribution >= 0.6 is 11.6 Å². The number of rotatable bonds is 4. The third-order valence-electron chi connectivity index (χ3n) is 5.48. The Hall–Kier alpha value is -2.79. The van der Waals surface area contributed by atoms with Crippen LogP contribution in [0, 0.1) is 0 Å². The second-order valence-electron chi connectivity index (χ2n) is 7.27. The number of aromatic nitrogens is 1. The molecule has 1 aromatic heterocycles. The molecule has 6 heteroatoms. The van der Waals surface area contributed by atoms with Gasteiger partial charge in [-0.05, 0) is 54.2 Å². The zero-order valence-electron chi connectivity index (χ0n) is 15.5. The SMILES string of the molecule is CC(CC(=O)N1CCCc2c(C(=O)O)cccc21)c1c[nH]c2cccc(Cl)c12. The van der Waals surface area contributed by atoms with Crippen LogP contribution in [-0.4, -0.2) is 28.5 Å². The molecule has 28 heavy (non-hydrogen) atoms. The quantitative estimate of drug-likeness (QED) is 0.652. The molecule has 3 aromatic rings. The maximum absolute atomic E-state index is 13.1. The minimum absolute atomic E-state index is 0.00241. The highest BCUT2D eigenvalue weighted by molar-refractivity contribution is 6.35. The Morgan fingerprint density at radius 2 is 2.04 bits per heavy atom. The van der Waals surface area contributed by atoms with Gasteiger partial charge in [0.25, 0.3) is 0 Å². The molecule has 4 rings (SSSR count). The van der Waals surface area contributed by atoms with E-state index in [0.717, 1.165) is 34.1 Å². The molecule has 0 radical (unpaired) electrons. The van der Waals surface area contributed by atoms with Crippen LogP contribution in [0.4, 0.5) is 5.69 Å². The molecule has 0 fully saturated rings. The van der Waals surface area contributed by atoms with Crippen molar-refractivity contribution in [3.8, 4) is 0 Å². The number of hydrogen-bond donors (Lipinski definition) is 2. The van der Waals surface area contributed by atoms with E-state index in [2.05, 4.69) is 4.98 Å². The smallest absolute Gasteiger partial charge is 0.336 e. The summed E-state index contributed by atoms with van der Waals surface area (Å²) < 4.78 is 0. The monoisotopic (exact) mass is 396 g/mol. The first-order valence-corrected chi connectivity index (χ1v) is 9.76. The number of nitrogens with zero attached hydrogens (tertiary/aromatic N) is 1. The van der Waals surface area contributed by atoms with E-state index in [-0.39, 0.29) is 17.4 Å². The molecule has 5 nitrogen and oxygen atoms in total. The maximum atomic E-state index is 13.1. The first-order chi connectivity index (χ1) is 13.5. The molecule has 0 bridgehead atoms. The molecule has 1 unspecified atom stereocenters. The number of halogens is 1. The summed E-state index contributed by atoms with van der Waals surface area (Å²) in [6.07, 6.45) is 3.68. The topological polar surface area (TPSA) is 73.4 Å². The van der Waals surface area contributed by atoms with Crippen LogP contribution in [0.3, 0.4) is 0 Å². The van der Waals surface area contributed by atoms with Crippen molar-refractivity contribution in [1.82, 2.24) is 4.98 Å². The molecule has 2 N–H and O–H groups in total. The third-order valence-corrected chi connectivity index (χ3v) is 5.79. The van der Waals surface area contributed by atoms with Gasteiger partial charge < -0.3 is 15.0 Å². The van der Waals surface area contributed by atoms with E-state index < -0.39 is 5.97 Å². The highest BCUT2D eigenvalue weighted by atomic mass is 35.5. The summed E-state index contributed by atoms with van der Waals surface area (Å²) in [4.78, 5) is 29.6. The average molecular weight is 397 g/mol. The fraction of sp³-hybridized carbons (Fsp3) is 0.273. The van der Waals surface area contributed by atoms with Crippen LogP contribution in [-0.2, 0) is 11.2 Å². The summed E-state index contributed by atoms with van der Waals surface area (Å²) in [6, 6.07) is 10.9. The zero-order chi connectivity index (χ0) is 19.8. The Morgan fingerprint density at radius 3 is 2.82 bits per heavy atom. The van der Waals surface area contributed by atoms with Crippen LogP contribution in [0.25, 0.3) is 10.9 Å². The second-order valence-corrected chi connectivity index (χ2v) is 7.68. The lowest BCUT2D eigenvalue weighted by molar-refractivity contribution is -0.119. The van der Waals surface area contributed by atoms with Gasteiger partial charge in [0.15, 0.2) is 0 Å². The molecule has 144 valence electrons. The predicted molar refractivity (Wildman–Crippen MR) is 110 cm³/mol. The van der Waals surface area contributed by atoms with Crippen molar-refractivity contribution in [3.63, 3.8) is 0 Å². The first-order valence-electron chi connectivity index (χ1n) is 9.38. The fourth-order valence-electron chi connectivity index (χ4n) is 4.12. The van der Waals surface area contributed by atoms with Crippen molar-refractivity contribution in [2.24, 2.45) is 0 Å². The lowest BCUT2D eigenvalue weighted by Gasteiger charge is -2.31. The molecular formula is C22H21ClN2O3. The van der Waals surface area contributed by atoms with Gasteiger partial charge in [0, 0.05) is 35.8 Å². The summed E-state index contributed by atoms with van der Waals surface area (Å²) in [5.74, 6) is -0.973. The van der Waals surface area contributed by atoms with E-state index in [0.29, 0.717) is 24.4 Å². The number of carbonyl (C=O) groups is 2. The molecule has 2 heterocycles. The van der Waals surface area contributed by atoms with Crippen LogP contribution in [0.15, 0.2) is 42.6 Å². The fourth-order valence-corrected chi connectivity index (χ4v) is 4.40. The average Bonchev–Trinajstić information content (AvgIpc) is 3.12. The summed E-state index contributed by atoms with van der Waals surface area (Å²) in [6.45, 7) is 2.62. The van der Waals surface area contributed by atoms with Gasteiger partial charge in [-0.25, -0.2) is 4.79 Å². The number of amides is 1. The van der Waals surface area contributed by atoms with Crippen molar-refractivity contribution in [3.05, 3.63) is 64.3 Å². The number of nitrogens with one attached hydrogen (secondary N) is 1. The van der Waals surface area contributed by atoms with Crippen LogP contribution in [0.5, 0.6) is 0 Å². The van der Waals surface area contributed by atoms with Gasteiger partial charge in [0.2, 0.25) is 5.91 Å². The predicted octanol–water partition coefficient (Wildman–Crippen LogP) is 4.99. The van der Waals surface area contributed by atoms with Crippen LogP contribution in [0.1, 0.15) is 47.2 Å². The molecule has 0 aliphatic carbocycles. The number of carboxylic acid groups (broad SMARTS) is 1. The summed E-state index contributed by atoms with van der Waals surface area (Å²) in [5, 5.41) is 11.1. The molecule has 1 atom stereocenters. The normalized spacial score (nSPS) is 14.7. The van der Waals surface area contributed by atoms with Gasteiger partial charge in [0.05, 0.1) is 10.6 Å². The van der Waals surface area contributed by atoms with Crippen molar-refractivity contribution in [1.29, 1.82) is 0 Å². The molecular weight excluding hydrogens is 376 g/mol. The zero-order valence-corrected chi connectivity index (χ0v) is 16.3. The number of hydrogen-bond acceptors (Lipinski definition) is 2. The van der Waals surface area contributed by atoms with E-state index >= 15 is 0 Å². The van der Waals surface area contributed by atoms with Crippen molar-refractivity contribution in [2.75, 3.05) is 11.4 Å². The van der Waals surface area contributed by atoms with Crippen LogP contribution in [0.2, 0.25) is 5.02 Å². The Balaban J connectivity index is 1.61. The van der Waals surface area contributed by atoms with E-state index in [1.54, 1.807) is 17.0 Å². The summed E-state index contributed by atoms with van der Waals surface area (Å²) in [5.41, 5.74) is 3.73. The molecule has 2 aromatic carbocycles. The van der Waals surface area contributed by atoms with Gasteiger partial charge in [0.1, 0.15) is 0 Å². The number of aromatic carboxylic acids is 1. The standard InChI is InChI=1S/C22H21ClN2O3/c1-13(16-12-24-18-8-3-7-17(23)21(16)18)11-20(26)25-10-4-6-14-15(22(27)28)5-2-9-19(14)25/h2-3,5,7-9,12-13,24H,4,6,10-11H2,1H3,(H,27,28). The van der Waals surface area contributed by atoms with Gasteiger partial charge in [-0.1, -0.05) is 30.7 Å². The van der Waals surface area contributed by atoms with Crippen LogP contribution < -0.4 is 4.90 Å². The van der Waals surface area contributed by atoms with Crippen molar-refractivity contribution < 1.29 is 14.7 Å². The summed E-state index contributed by atoms with van der Waals surface area (Å²) in [7, 11) is 0. The highest BCUT2D eigenvalue weighted by Gasteiger charge is 2.27. The van der Waals surface area contributed by atoms with Gasteiger partial charge in [-0.3, -0.25) is 4.79 Å². The molecule has 0 saturated heterocycles. The van der Waals surface area contributed by atoms with Gasteiger partial charge >= 0.3 is 5.97 Å². The molecule has 1 amide bonds. The second kappa shape index (κ2) is 7.32. The maximum Gasteiger partial charge on any atom is 0.336 e. The minimum atomic E-state index is -0.951. The van der Waals surface area contributed by atoms with E-state index in [1.807, 2.05) is 37.4 Å². The Bertz CT molecular complexity index is 1070. The number of aromatic amines is 1. The summed E-state index contributed by atoms with van der Waals surface area (Å²) >= 11 is 6.38. The van der Waals surface area contributed by atoms with Gasteiger partial charge in [-0.2, -0.15) is 0 Å². The number of benzene rings is 2. The van der Waals surface area contributed by atoms with Crippen molar-refractivity contribution >= 4 is 40.1 Å². The Kier molecular flexibility index (Phi) is 4.85. The number of carbonyl (C=O) groups excluding carboxylic acids is 1. The third kappa shape index (κ3) is 3.16. The number of H-pyrrole nitrogens is 1. The van der Waals surface area contributed by atoms with Crippen molar-refractivity contribution in [2.45, 2.75) is 32.1 Å². The van der Waals surface area contributed by atoms with E-state index in [9.17, 15) is 14.7 Å².